The highest BCUT2D eigenvalue weighted by atomic mass is 16.5. The van der Waals surface area contributed by atoms with Gasteiger partial charge in [0.15, 0.2) is 17.6 Å². The van der Waals surface area contributed by atoms with Crippen LogP contribution in [0.4, 0.5) is 0 Å². The molecule has 1 atom stereocenters. The summed E-state index contributed by atoms with van der Waals surface area (Å²) < 4.78 is 27.6. The number of carbonyl (C=O) groups excluding carboxylic acids is 1. The Morgan fingerprint density at radius 1 is 0.971 bits per heavy atom. The van der Waals surface area contributed by atoms with Gasteiger partial charge < -0.3 is 29.0 Å². The standard InChI is InChI=1S/C27H31NO6/c1-5-8-21-9-11-22(12-10-21)34-20-26(33-17-7-3)27(29)28-15-18-31-23-13-14-24(32-16-6-2)25(19-23)30-4/h2-3,9-14,19,26H,5,8,15-18,20H2,1,4H3,(H,28,29). The molecule has 1 N–H and O–H groups in total. The maximum atomic E-state index is 12.6. The Morgan fingerprint density at radius 3 is 2.38 bits per heavy atom. The largest absolute Gasteiger partial charge is 0.493 e. The molecule has 0 heterocycles. The van der Waals surface area contributed by atoms with E-state index in [0.717, 1.165) is 12.8 Å². The molecular formula is C27H31NO6. The summed E-state index contributed by atoms with van der Waals surface area (Å²) in [6, 6.07) is 12.9. The number of hydrogen-bond acceptors (Lipinski definition) is 6. The first-order valence-electron chi connectivity index (χ1n) is 11.0. The molecule has 0 radical (unpaired) electrons. The fourth-order valence-electron chi connectivity index (χ4n) is 2.99. The van der Waals surface area contributed by atoms with E-state index in [1.54, 1.807) is 18.2 Å². The first-order chi connectivity index (χ1) is 16.6. The molecule has 2 rings (SSSR count). The third-order valence-electron chi connectivity index (χ3n) is 4.64. The van der Waals surface area contributed by atoms with Gasteiger partial charge in [-0.1, -0.05) is 37.3 Å². The quantitative estimate of drug-likeness (QED) is 0.322. The van der Waals surface area contributed by atoms with Crippen LogP contribution in [0.5, 0.6) is 23.0 Å². The predicted molar refractivity (Wildman–Crippen MR) is 130 cm³/mol. The minimum Gasteiger partial charge on any atom is -0.493 e. The highest BCUT2D eigenvalue weighted by Gasteiger charge is 2.20. The zero-order valence-corrected chi connectivity index (χ0v) is 19.7. The van der Waals surface area contributed by atoms with Gasteiger partial charge in [0, 0.05) is 6.07 Å². The van der Waals surface area contributed by atoms with Gasteiger partial charge in [0.1, 0.15) is 37.9 Å². The van der Waals surface area contributed by atoms with Crippen LogP contribution >= 0.6 is 0 Å². The highest BCUT2D eigenvalue weighted by molar-refractivity contribution is 5.81. The summed E-state index contributed by atoms with van der Waals surface area (Å²) in [6.07, 6.45) is 11.7. The van der Waals surface area contributed by atoms with Gasteiger partial charge in [-0.05, 0) is 36.2 Å². The normalized spacial score (nSPS) is 10.9. The molecule has 2 aromatic rings. The van der Waals surface area contributed by atoms with E-state index in [1.165, 1.54) is 12.7 Å². The number of aryl methyl sites for hydroxylation is 1. The fraction of sp³-hybridized carbons (Fsp3) is 0.370. The van der Waals surface area contributed by atoms with Crippen LogP contribution < -0.4 is 24.3 Å². The molecule has 1 unspecified atom stereocenters. The first-order valence-corrected chi connectivity index (χ1v) is 11.0. The average molecular weight is 466 g/mol. The number of rotatable bonds is 15. The molecule has 0 bridgehead atoms. The molecule has 7 heteroatoms. The Hall–Kier alpha value is -3.81. The van der Waals surface area contributed by atoms with E-state index in [1.807, 2.05) is 24.3 Å². The Balaban J connectivity index is 1.82. The van der Waals surface area contributed by atoms with Crippen LogP contribution in [0, 0.1) is 24.7 Å². The van der Waals surface area contributed by atoms with Crippen LogP contribution in [0.3, 0.4) is 0 Å². The zero-order valence-electron chi connectivity index (χ0n) is 19.7. The van der Waals surface area contributed by atoms with Gasteiger partial charge in [-0.25, -0.2) is 0 Å². The summed E-state index contributed by atoms with van der Waals surface area (Å²) in [6.45, 7) is 2.81. The van der Waals surface area contributed by atoms with Crippen molar-refractivity contribution in [2.45, 2.75) is 25.9 Å². The van der Waals surface area contributed by atoms with E-state index in [4.69, 9.17) is 36.5 Å². The fourth-order valence-corrected chi connectivity index (χ4v) is 2.99. The van der Waals surface area contributed by atoms with Crippen LogP contribution in [0.1, 0.15) is 18.9 Å². The molecule has 0 spiro atoms. The summed E-state index contributed by atoms with van der Waals surface area (Å²) in [4.78, 5) is 12.6. The molecule has 7 nitrogen and oxygen atoms in total. The summed E-state index contributed by atoms with van der Waals surface area (Å²) >= 11 is 0. The number of benzene rings is 2. The second-order valence-corrected chi connectivity index (χ2v) is 7.15. The van der Waals surface area contributed by atoms with E-state index in [9.17, 15) is 4.79 Å². The van der Waals surface area contributed by atoms with Crippen molar-refractivity contribution in [3.05, 3.63) is 48.0 Å². The van der Waals surface area contributed by atoms with E-state index in [2.05, 4.69) is 24.1 Å². The molecule has 34 heavy (non-hydrogen) atoms. The lowest BCUT2D eigenvalue weighted by Crippen LogP contribution is -2.41. The van der Waals surface area contributed by atoms with Crippen LogP contribution in [0.2, 0.25) is 0 Å². The van der Waals surface area contributed by atoms with Gasteiger partial charge in [0.25, 0.3) is 5.91 Å². The van der Waals surface area contributed by atoms with Crippen LogP contribution in [0.15, 0.2) is 42.5 Å². The van der Waals surface area contributed by atoms with Crippen molar-refractivity contribution in [3.8, 4) is 47.7 Å². The van der Waals surface area contributed by atoms with Crippen molar-refractivity contribution in [3.63, 3.8) is 0 Å². The average Bonchev–Trinajstić information content (AvgIpc) is 2.86. The van der Waals surface area contributed by atoms with Crippen LogP contribution in [-0.4, -0.2) is 52.1 Å². The molecule has 0 aromatic heterocycles. The number of methoxy groups -OCH3 is 1. The number of hydrogen-bond donors (Lipinski definition) is 1. The molecule has 1 amide bonds. The minimum atomic E-state index is -0.848. The van der Waals surface area contributed by atoms with Gasteiger partial charge in [0.05, 0.1) is 13.7 Å². The Morgan fingerprint density at radius 2 is 1.71 bits per heavy atom. The Bertz CT molecular complexity index is 974. The monoisotopic (exact) mass is 465 g/mol. The van der Waals surface area contributed by atoms with Gasteiger partial charge in [-0.15, -0.1) is 12.8 Å². The molecule has 0 saturated heterocycles. The van der Waals surface area contributed by atoms with Gasteiger partial charge in [-0.2, -0.15) is 0 Å². The van der Waals surface area contributed by atoms with Crippen molar-refractivity contribution in [1.29, 1.82) is 0 Å². The summed E-state index contributed by atoms with van der Waals surface area (Å²) in [7, 11) is 1.53. The number of amides is 1. The van der Waals surface area contributed by atoms with Crippen LogP contribution in [-0.2, 0) is 16.0 Å². The van der Waals surface area contributed by atoms with Crippen molar-refractivity contribution in [2.24, 2.45) is 0 Å². The third-order valence-corrected chi connectivity index (χ3v) is 4.64. The second kappa shape index (κ2) is 15.1. The number of nitrogens with one attached hydrogen (secondary N) is 1. The molecule has 0 saturated carbocycles. The Kier molecular flexibility index (Phi) is 11.7. The molecule has 0 aliphatic heterocycles. The van der Waals surface area contributed by atoms with Crippen LogP contribution in [0.25, 0.3) is 0 Å². The first kappa shape index (κ1) is 26.4. The Labute approximate surface area is 201 Å². The topological polar surface area (TPSA) is 75.3 Å². The highest BCUT2D eigenvalue weighted by Crippen LogP contribution is 2.31. The number of carbonyl (C=O) groups is 1. The molecule has 180 valence electrons. The van der Waals surface area contributed by atoms with E-state index in [0.29, 0.717) is 23.0 Å². The molecule has 0 aliphatic carbocycles. The molecule has 0 aliphatic rings. The molecule has 2 aromatic carbocycles. The summed E-state index contributed by atoms with van der Waals surface area (Å²) in [5.74, 6) is 6.69. The SMILES string of the molecule is C#CCOc1ccc(OCCNC(=O)C(COc2ccc(CCC)cc2)OCC#C)cc1OC. The van der Waals surface area contributed by atoms with Gasteiger partial charge in [0.2, 0.25) is 0 Å². The lowest BCUT2D eigenvalue weighted by Gasteiger charge is -2.18. The van der Waals surface area contributed by atoms with E-state index < -0.39 is 6.10 Å². The zero-order chi connectivity index (χ0) is 24.6. The van der Waals surface area contributed by atoms with Crippen molar-refractivity contribution in [1.82, 2.24) is 5.32 Å². The lowest BCUT2D eigenvalue weighted by molar-refractivity contribution is -0.133. The maximum absolute atomic E-state index is 12.6. The summed E-state index contributed by atoms with van der Waals surface area (Å²) in [5.41, 5.74) is 1.24. The van der Waals surface area contributed by atoms with Crippen molar-refractivity contribution in [2.75, 3.05) is 40.1 Å². The second-order valence-electron chi connectivity index (χ2n) is 7.15. The van der Waals surface area contributed by atoms with Gasteiger partial charge in [-0.3, -0.25) is 4.79 Å². The molecule has 0 fully saturated rings. The van der Waals surface area contributed by atoms with Crippen molar-refractivity contribution >= 4 is 5.91 Å². The van der Waals surface area contributed by atoms with Crippen molar-refractivity contribution < 1.29 is 28.5 Å². The maximum Gasteiger partial charge on any atom is 0.252 e. The van der Waals surface area contributed by atoms with E-state index >= 15 is 0 Å². The number of ether oxygens (including phenoxy) is 5. The predicted octanol–water partition coefficient (Wildman–Crippen LogP) is 3.25. The molecular weight excluding hydrogens is 434 g/mol. The van der Waals surface area contributed by atoms with E-state index in [-0.39, 0.29) is 38.9 Å². The summed E-state index contributed by atoms with van der Waals surface area (Å²) in [5, 5.41) is 2.78. The number of terminal acetylenes is 2. The van der Waals surface area contributed by atoms with Gasteiger partial charge >= 0.3 is 0 Å². The third kappa shape index (κ3) is 8.97. The smallest absolute Gasteiger partial charge is 0.252 e. The lowest BCUT2D eigenvalue weighted by atomic mass is 10.1. The minimum absolute atomic E-state index is 0.00126.